The Bertz CT molecular complexity index is 386. The minimum atomic E-state index is -0.229. The standard InChI is InChI=1S/C15H23NO2/c1-17-13-9-5-4-8-12(13)14(16)15(18-2)10-6-3-7-11-15/h4-5,8-9,14H,3,6-7,10-11,16H2,1-2H3. The van der Waals surface area contributed by atoms with Crippen molar-refractivity contribution in [3.05, 3.63) is 29.8 Å². The van der Waals surface area contributed by atoms with Crippen molar-refractivity contribution in [3.63, 3.8) is 0 Å². The fourth-order valence-electron chi connectivity index (χ4n) is 3.00. The minimum absolute atomic E-state index is 0.126. The van der Waals surface area contributed by atoms with Crippen molar-refractivity contribution in [2.24, 2.45) is 5.73 Å². The van der Waals surface area contributed by atoms with Crippen LogP contribution in [0, 0.1) is 0 Å². The van der Waals surface area contributed by atoms with E-state index in [2.05, 4.69) is 0 Å². The highest BCUT2D eigenvalue weighted by Gasteiger charge is 2.39. The van der Waals surface area contributed by atoms with E-state index in [0.717, 1.165) is 24.2 Å². The number of para-hydroxylation sites is 1. The molecule has 1 aliphatic rings. The molecule has 0 saturated heterocycles. The lowest BCUT2D eigenvalue weighted by Gasteiger charge is -2.41. The first-order valence-electron chi connectivity index (χ1n) is 6.67. The molecule has 1 unspecified atom stereocenters. The third kappa shape index (κ3) is 2.38. The molecule has 1 fully saturated rings. The molecule has 1 aromatic carbocycles. The summed E-state index contributed by atoms with van der Waals surface area (Å²) >= 11 is 0. The SMILES string of the molecule is COc1ccccc1C(N)C1(OC)CCCCC1. The van der Waals surface area contributed by atoms with E-state index in [1.807, 2.05) is 24.3 Å². The van der Waals surface area contributed by atoms with Crippen LogP contribution in [0.3, 0.4) is 0 Å². The van der Waals surface area contributed by atoms with Gasteiger partial charge in [-0.15, -0.1) is 0 Å². The Morgan fingerprint density at radius 2 is 1.78 bits per heavy atom. The molecule has 3 nitrogen and oxygen atoms in total. The molecule has 1 atom stereocenters. The summed E-state index contributed by atoms with van der Waals surface area (Å²) in [6, 6.07) is 7.85. The Morgan fingerprint density at radius 1 is 1.11 bits per heavy atom. The lowest BCUT2D eigenvalue weighted by Crippen LogP contribution is -2.44. The molecule has 0 aliphatic heterocycles. The summed E-state index contributed by atoms with van der Waals surface area (Å²) in [6.45, 7) is 0. The van der Waals surface area contributed by atoms with Crippen molar-refractivity contribution in [2.45, 2.75) is 43.7 Å². The van der Waals surface area contributed by atoms with Gasteiger partial charge in [0.25, 0.3) is 0 Å². The highest BCUT2D eigenvalue weighted by atomic mass is 16.5. The molecule has 0 bridgehead atoms. The Morgan fingerprint density at radius 3 is 2.39 bits per heavy atom. The molecule has 0 aromatic heterocycles. The van der Waals surface area contributed by atoms with Crippen LogP contribution < -0.4 is 10.5 Å². The molecule has 2 rings (SSSR count). The summed E-state index contributed by atoms with van der Waals surface area (Å²) in [5, 5.41) is 0. The highest BCUT2D eigenvalue weighted by Crippen LogP contribution is 2.41. The Labute approximate surface area is 109 Å². The predicted octanol–water partition coefficient (Wildman–Crippen LogP) is 3.04. The van der Waals surface area contributed by atoms with Gasteiger partial charge in [0.2, 0.25) is 0 Å². The summed E-state index contributed by atoms with van der Waals surface area (Å²) in [6.07, 6.45) is 5.72. The molecule has 0 amide bonds. The second-order valence-corrected chi connectivity index (χ2v) is 5.05. The maximum Gasteiger partial charge on any atom is 0.123 e. The average molecular weight is 249 g/mol. The topological polar surface area (TPSA) is 44.5 Å². The van der Waals surface area contributed by atoms with Crippen LogP contribution in [0.2, 0.25) is 0 Å². The van der Waals surface area contributed by atoms with Crippen molar-refractivity contribution in [1.29, 1.82) is 0 Å². The molecule has 2 N–H and O–H groups in total. The molecule has 0 spiro atoms. The molecular formula is C15H23NO2. The van der Waals surface area contributed by atoms with Gasteiger partial charge in [0, 0.05) is 12.7 Å². The van der Waals surface area contributed by atoms with Crippen molar-refractivity contribution in [2.75, 3.05) is 14.2 Å². The van der Waals surface area contributed by atoms with Crippen LogP contribution in [0.25, 0.3) is 0 Å². The van der Waals surface area contributed by atoms with Gasteiger partial charge in [-0.05, 0) is 18.9 Å². The van der Waals surface area contributed by atoms with Gasteiger partial charge in [0.15, 0.2) is 0 Å². The Hall–Kier alpha value is -1.06. The third-order valence-corrected chi connectivity index (χ3v) is 4.15. The van der Waals surface area contributed by atoms with Gasteiger partial charge < -0.3 is 15.2 Å². The summed E-state index contributed by atoms with van der Waals surface area (Å²) in [7, 11) is 3.46. The van der Waals surface area contributed by atoms with E-state index >= 15 is 0 Å². The van der Waals surface area contributed by atoms with Crippen molar-refractivity contribution in [1.82, 2.24) is 0 Å². The first kappa shape index (κ1) is 13.4. The number of benzene rings is 1. The van der Waals surface area contributed by atoms with Gasteiger partial charge in [-0.3, -0.25) is 0 Å². The minimum Gasteiger partial charge on any atom is -0.496 e. The maximum absolute atomic E-state index is 6.49. The van der Waals surface area contributed by atoms with Crippen LogP contribution in [0.5, 0.6) is 5.75 Å². The summed E-state index contributed by atoms with van der Waals surface area (Å²) in [4.78, 5) is 0. The molecule has 0 heterocycles. The monoisotopic (exact) mass is 249 g/mol. The van der Waals surface area contributed by atoms with Gasteiger partial charge in [0.05, 0.1) is 18.8 Å². The lowest BCUT2D eigenvalue weighted by atomic mass is 9.77. The smallest absolute Gasteiger partial charge is 0.123 e. The molecule has 1 aliphatic carbocycles. The molecule has 1 saturated carbocycles. The van der Waals surface area contributed by atoms with Crippen LogP contribution in [-0.2, 0) is 4.74 Å². The zero-order valence-corrected chi connectivity index (χ0v) is 11.3. The predicted molar refractivity (Wildman–Crippen MR) is 72.7 cm³/mol. The number of hydrogen-bond acceptors (Lipinski definition) is 3. The van der Waals surface area contributed by atoms with Crippen LogP contribution in [0.1, 0.15) is 43.7 Å². The van der Waals surface area contributed by atoms with Crippen LogP contribution in [0.4, 0.5) is 0 Å². The van der Waals surface area contributed by atoms with Gasteiger partial charge in [-0.2, -0.15) is 0 Å². The van der Waals surface area contributed by atoms with Gasteiger partial charge in [-0.25, -0.2) is 0 Å². The zero-order chi connectivity index (χ0) is 13.0. The molecule has 0 radical (unpaired) electrons. The second kappa shape index (κ2) is 5.72. The van der Waals surface area contributed by atoms with E-state index in [9.17, 15) is 0 Å². The highest BCUT2D eigenvalue weighted by molar-refractivity contribution is 5.37. The normalized spacial score (nSPS) is 20.4. The van der Waals surface area contributed by atoms with E-state index in [-0.39, 0.29) is 11.6 Å². The summed E-state index contributed by atoms with van der Waals surface area (Å²) < 4.78 is 11.2. The first-order valence-corrected chi connectivity index (χ1v) is 6.67. The van der Waals surface area contributed by atoms with Crippen molar-refractivity contribution < 1.29 is 9.47 Å². The summed E-state index contributed by atoms with van der Waals surface area (Å²) in [5.74, 6) is 0.854. The van der Waals surface area contributed by atoms with E-state index in [1.165, 1.54) is 19.3 Å². The fraction of sp³-hybridized carbons (Fsp3) is 0.600. The van der Waals surface area contributed by atoms with E-state index in [4.69, 9.17) is 15.2 Å². The fourth-order valence-corrected chi connectivity index (χ4v) is 3.00. The number of nitrogens with two attached hydrogens (primary N) is 1. The van der Waals surface area contributed by atoms with Crippen molar-refractivity contribution in [3.8, 4) is 5.75 Å². The molecule has 100 valence electrons. The number of rotatable bonds is 4. The lowest BCUT2D eigenvalue weighted by molar-refractivity contribution is -0.0599. The van der Waals surface area contributed by atoms with Gasteiger partial charge in [0.1, 0.15) is 5.75 Å². The van der Waals surface area contributed by atoms with E-state index in [1.54, 1.807) is 14.2 Å². The first-order chi connectivity index (χ1) is 8.73. The molecule has 18 heavy (non-hydrogen) atoms. The zero-order valence-electron chi connectivity index (χ0n) is 11.3. The van der Waals surface area contributed by atoms with E-state index < -0.39 is 0 Å². The Kier molecular flexibility index (Phi) is 4.25. The average Bonchev–Trinajstić information content (AvgIpc) is 2.47. The van der Waals surface area contributed by atoms with Crippen LogP contribution in [-0.4, -0.2) is 19.8 Å². The summed E-state index contributed by atoms with van der Waals surface area (Å²) in [5.41, 5.74) is 7.30. The van der Waals surface area contributed by atoms with Gasteiger partial charge in [-0.1, -0.05) is 37.5 Å². The number of ether oxygens (including phenoxy) is 2. The Balaban J connectivity index is 2.30. The largest absolute Gasteiger partial charge is 0.496 e. The maximum atomic E-state index is 6.49. The molecule has 3 heteroatoms. The van der Waals surface area contributed by atoms with Crippen LogP contribution >= 0.6 is 0 Å². The molecule has 1 aromatic rings. The third-order valence-electron chi connectivity index (χ3n) is 4.15. The second-order valence-electron chi connectivity index (χ2n) is 5.05. The quantitative estimate of drug-likeness (QED) is 0.892. The van der Waals surface area contributed by atoms with E-state index in [0.29, 0.717) is 0 Å². The van der Waals surface area contributed by atoms with Crippen molar-refractivity contribution >= 4 is 0 Å². The number of methoxy groups -OCH3 is 2. The van der Waals surface area contributed by atoms with Crippen LogP contribution in [0.15, 0.2) is 24.3 Å². The van der Waals surface area contributed by atoms with Gasteiger partial charge >= 0.3 is 0 Å². The number of hydrogen-bond donors (Lipinski definition) is 1. The molecular weight excluding hydrogens is 226 g/mol.